The Morgan fingerprint density at radius 2 is 1.85 bits per heavy atom. The number of rotatable bonds is 8. The molecule has 0 radical (unpaired) electrons. The molecule has 34 heavy (non-hydrogen) atoms. The molecule has 2 aromatic carbocycles. The number of anilines is 1. The Balaban J connectivity index is 1.60. The van der Waals surface area contributed by atoms with Crippen molar-refractivity contribution < 1.29 is 17.9 Å². The summed E-state index contributed by atoms with van der Waals surface area (Å²) >= 11 is 6.20. The number of benzene rings is 2. The fraction of sp³-hybridized carbons (Fsp3) is 0.360. The van der Waals surface area contributed by atoms with Gasteiger partial charge in [0.15, 0.2) is 9.84 Å². The minimum Gasteiger partial charge on any atom is -0.467 e. The molecule has 1 fully saturated rings. The van der Waals surface area contributed by atoms with Crippen molar-refractivity contribution >= 4 is 33.2 Å². The third-order valence-corrected chi connectivity index (χ3v) is 8.80. The Kier molecular flexibility index (Phi) is 7.28. The normalized spacial score (nSPS) is 18.3. The summed E-state index contributed by atoms with van der Waals surface area (Å²) in [6, 6.07) is 17.8. The van der Waals surface area contributed by atoms with E-state index < -0.39 is 27.1 Å². The van der Waals surface area contributed by atoms with Crippen LogP contribution < -0.4 is 4.90 Å². The van der Waals surface area contributed by atoms with Crippen molar-refractivity contribution in [2.75, 3.05) is 18.6 Å². The summed E-state index contributed by atoms with van der Waals surface area (Å²) in [4.78, 5) is 14.6. The zero-order valence-corrected chi connectivity index (χ0v) is 20.8. The number of ether oxygens (including phenoxy) is 1. The van der Waals surface area contributed by atoms with Gasteiger partial charge in [0.1, 0.15) is 11.9 Å². The molecule has 180 valence electrons. The van der Waals surface area contributed by atoms with E-state index in [0.717, 1.165) is 24.4 Å². The molecule has 2 unspecified atom stereocenters. The second kappa shape index (κ2) is 10.2. The summed E-state index contributed by atoms with van der Waals surface area (Å²) in [6.07, 6.45) is 1.87. The van der Waals surface area contributed by atoms with E-state index in [1.165, 1.54) is 18.7 Å². The van der Waals surface area contributed by atoms with Gasteiger partial charge in [0.25, 0.3) is 0 Å². The second-order valence-electron chi connectivity index (χ2n) is 8.48. The maximum Gasteiger partial charge on any atom is 0.328 e. The van der Waals surface area contributed by atoms with E-state index in [1.54, 1.807) is 18.2 Å². The monoisotopic (exact) mass is 501 g/mol. The lowest BCUT2D eigenvalue weighted by molar-refractivity contribution is -0.141. The molecule has 7 nitrogen and oxygen atoms in total. The van der Waals surface area contributed by atoms with E-state index in [2.05, 4.69) is 17.2 Å². The van der Waals surface area contributed by atoms with Crippen LogP contribution in [0.2, 0.25) is 5.02 Å². The molecule has 2 heterocycles. The molecule has 1 aromatic heterocycles. The second-order valence-corrected chi connectivity index (χ2v) is 11.1. The minimum absolute atomic E-state index is 0.0830. The molecular formula is C25H28ClN3O4S. The molecule has 0 saturated carbocycles. The van der Waals surface area contributed by atoms with Gasteiger partial charge in [-0.25, -0.2) is 17.9 Å². The van der Waals surface area contributed by atoms with Crippen molar-refractivity contribution in [3.8, 4) is 0 Å². The first-order valence-corrected chi connectivity index (χ1v) is 13.1. The number of nitrogens with zero attached hydrogens (tertiary/aromatic N) is 3. The number of sulfone groups is 1. The third kappa shape index (κ3) is 4.98. The van der Waals surface area contributed by atoms with E-state index in [1.807, 2.05) is 40.8 Å². The molecule has 3 aromatic rings. The van der Waals surface area contributed by atoms with Crippen LogP contribution >= 0.6 is 11.6 Å². The summed E-state index contributed by atoms with van der Waals surface area (Å²) in [5.74, 6) is 0.254. The number of aromatic nitrogens is 2. The lowest BCUT2D eigenvalue weighted by Gasteiger charge is -2.25. The molecular weight excluding hydrogens is 474 g/mol. The van der Waals surface area contributed by atoms with E-state index in [4.69, 9.17) is 16.3 Å². The number of hydrogen-bond donors (Lipinski definition) is 0. The summed E-state index contributed by atoms with van der Waals surface area (Å²) in [5, 5.41) is 3.99. The van der Waals surface area contributed by atoms with Gasteiger partial charge in [-0.05, 0) is 43.9 Å². The average molecular weight is 502 g/mol. The van der Waals surface area contributed by atoms with Crippen LogP contribution in [0.5, 0.6) is 0 Å². The largest absolute Gasteiger partial charge is 0.467 e. The highest BCUT2D eigenvalue weighted by Gasteiger charge is 2.45. The number of carbonyl (C=O) groups excluding carboxylic acids is 1. The molecule has 9 heteroatoms. The van der Waals surface area contributed by atoms with Gasteiger partial charge in [0.2, 0.25) is 0 Å². The molecule has 0 aliphatic carbocycles. The standard InChI is InChI=1S/C25H28ClN3O4S/c1-18-15-24(29(27-18)14-8-11-19-9-4-3-5-10-19)28-17-20(16-22(28)25(30)33-2)34(31,32)23-13-7-6-12-21(23)26/h3-7,9-10,12-13,15,20,22H,8,11,14,16-17H2,1-2H3. The van der Waals surface area contributed by atoms with Crippen LogP contribution in [-0.2, 0) is 32.3 Å². The quantitative estimate of drug-likeness (QED) is 0.433. The highest BCUT2D eigenvalue weighted by Crippen LogP contribution is 2.35. The molecule has 1 saturated heterocycles. The zero-order valence-electron chi connectivity index (χ0n) is 19.2. The van der Waals surface area contributed by atoms with E-state index in [0.29, 0.717) is 6.54 Å². The Morgan fingerprint density at radius 1 is 1.15 bits per heavy atom. The lowest BCUT2D eigenvalue weighted by atomic mass is 10.1. The third-order valence-electron chi connectivity index (χ3n) is 6.17. The van der Waals surface area contributed by atoms with Crippen molar-refractivity contribution in [2.24, 2.45) is 0 Å². The highest BCUT2D eigenvalue weighted by atomic mass is 35.5. The minimum atomic E-state index is -3.76. The molecule has 0 bridgehead atoms. The van der Waals surface area contributed by atoms with Crippen LogP contribution in [0.1, 0.15) is 24.1 Å². The number of methoxy groups -OCH3 is 1. The molecule has 1 aliphatic heterocycles. The smallest absolute Gasteiger partial charge is 0.328 e. The first kappa shape index (κ1) is 24.3. The van der Waals surface area contributed by atoms with E-state index >= 15 is 0 Å². The van der Waals surface area contributed by atoms with Gasteiger partial charge in [-0.15, -0.1) is 0 Å². The summed E-state index contributed by atoms with van der Waals surface area (Å²) in [7, 11) is -2.44. The van der Waals surface area contributed by atoms with E-state index in [-0.39, 0.29) is 22.9 Å². The molecule has 1 aliphatic rings. The van der Waals surface area contributed by atoms with Crippen LogP contribution in [0.4, 0.5) is 5.82 Å². The Morgan fingerprint density at radius 3 is 2.56 bits per heavy atom. The van der Waals surface area contributed by atoms with Gasteiger partial charge in [-0.1, -0.05) is 54.1 Å². The molecule has 4 rings (SSSR count). The van der Waals surface area contributed by atoms with Crippen molar-refractivity contribution in [3.05, 3.63) is 76.9 Å². The average Bonchev–Trinajstić information content (AvgIpc) is 3.43. The molecule has 0 N–H and O–H groups in total. The van der Waals surface area contributed by atoms with Crippen molar-refractivity contribution in [1.82, 2.24) is 9.78 Å². The van der Waals surface area contributed by atoms with Gasteiger partial charge >= 0.3 is 5.97 Å². The van der Waals surface area contributed by atoms with Crippen LogP contribution in [0.25, 0.3) is 0 Å². The maximum absolute atomic E-state index is 13.4. The number of hydrogen-bond acceptors (Lipinski definition) is 6. The van der Waals surface area contributed by atoms with Gasteiger partial charge in [0, 0.05) is 19.2 Å². The van der Waals surface area contributed by atoms with Crippen molar-refractivity contribution in [3.63, 3.8) is 0 Å². The fourth-order valence-corrected chi connectivity index (χ4v) is 6.71. The van der Waals surface area contributed by atoms with Crippen LogP contribution in [-0.4, -0.2) is 49.1 Å². The molecule has 0 amide bonds. The fourth-order valence-electron chi connectivity index (χ4n) is 4.50. The Bertz CT molecular complexity index is 1260. The molecule has 2 atom stereocenters. The highest BCUT2D eigenvalue weighted by molar-refractivity contribution is 7.92. The molecule has 0 spiro atoms. The number of halogens is 1. The van der Waals surface area contributed by atoms with Crippen molar-refractivity contribution in [2.45, 2.75) is 48.9 Å². The number of esters is 1. The maximum atomic E-state index is 13.4. The van der Waals surface area contributed by atoms with Gasteiger partial charge in [-0.3, -0.25) is 0 Å². The van der Waals surface area contributed by atoms with Gasteiger partial charge < -0.3 is 9.64 Å². The van der Waals surface area contributed by atoms with Crippen LogP contribution in [0.3, 0.4) is 0 Å². The number of carbonyl (C=O) groups is 1. The number of aryl methyl sites for hydroxylation is 3. The zero-order chi connectivity index (χ0) is 24.3. The van der Waals surface area contributed by atoms with E-state index in [9.17, 15) is 13.2 Å². The van der Waals surface area contributed by atoms with Crippen molar-refractivity contribution in [1.29, 1.82) is 0 Å². The van der Waals surface area contributed by atoms with Gasteiger partial charge in [-0.2, -0.15) is 5.10 Å². The first-order valence-electron chi connectivity index (χ1n) is 11.2. The summed E-state index contributed by atoms with van der Waals surface area (Å²) < 4.78 is 33.7. The first-order chi connectivity index (χ1) is 16.3. The van der Waals surface area contributed by atoms with Gasteiger partial charge in [0.05, 0.1) is 28.0 Å². The Hall–Kier alpha value is -2.84. The lowest BCUT2D eigenvalue weighted by Crippen LogP contribution is -2.38. The van der Waals surface area contributed by atoms with Crippen LogP contribution in [0.15, 0.2) is 65.6 Å². The summed E-state index contributed by atoms with van der Waals surface area (Å²) in [6.45, 7) is 2.68. The predicted molar refractivity (Wildman–Crippen MR) is 132 cm³/mol. The predicted octanol–water partition coefficient (Wildman–Crippen LogP) is 4.07. The SMILES string of the molecule is COC(=O)C1CC(S(=O)(=O)c2ccccc2Cl)CN1c1cc(C)nn1CCCc1ccccc1. The topological polar surface area (TPSA) is 81.5 Å². The Labute approximate surface area is 205 Å². The summed E-state index contributed by atoms with van der Waals surface area (Å²) in [5.41, 5.74) is 2.04. The van der Waals surface area contributed by atoms with Crippen LogP contribution in [0, 0.1) is 6.92 Å².